The smallest absolute Gasteiger partial charge is 0.00325 e. The molecule has 0 spiro atoms. The highest BCUT2D eigenvalue weighted by atomic mass is 35.7. The lowest BCUT2D eigenvalue weighted by Gasteiger charge is -2.41. The lowest BCUT2D eigenvalue weighted by Crippen LogP contribution is -2.31. The molecule has 0 aliphatic rings. The summed E-state index contributed by atoms with van der Waals surface area (Å²) in [4.78, 5) is 0. The molecule has 118 valence electrons. The zero-order valence-electron chi connectivity index (χ0n) is 14.0. The van der Waals surface area contributed by atoms with Gasteiger partial charge in [-0.3, -0.25) is 0 Å². The van der Waals surface area contributed by atoms with E-state index in [9.17, 15) is 0 Å². The van der Waals surface area contributed by atoms with Crippen molar-refractivity contribution < 1.29 is 0 Å². The molecule has 0 N–H and O–H groups in total. The van der Waals surface area contributed by atoms with Crippen molar-refractivity contribution in [3.8, 4) is 0 Å². The molecule has 0 saturated carbocycles. The quantitative estimate of drug-likeness (QED) is 0.518. The first-order valence-corrected chi connectivity index (χ1v) is 10.1. The number of hydrogen-bond donors (Lipinski definition) is 0. The molecule has 0 amide bonds. The molecular formula is C20H26ClP. The van der Waals surface area contributed by atoms with E-state index in [2.05, 4.69) is 88.4 Å². The van der Waals surface area contributed by atoms with Gasteiger partial charge in [-0.1, -0.05) is 99.6 Å². The molecule has 0 nitrogen and oxygen atoms in total. The molecule has 2 aromatic carbocycles. The third kappa shape index (κ3) is 4.58. The van der Waals surface area contributed by atoms with E-state index in [0.717, 1.165) is 12.8 Å². The number of hydrogen-bond acceptors (Lipinski definition) is 0. The molecule has 0 radical (unpaired) electrons. The molecular weight excluding hydrogens is 307 g/mol. The Labute approximate surface area is 141 Å². The Bertz CT molecular complexity index is 522. The molecule has 0 heterocycles. The topological polar surface area (TPSA) is 0 Å². The summed E-state index contributed by atoms with van der Waals surface area (Å²) < 4.78 is 0. The van der Waals surface area contributed by atoms with Gasteiger partial charge in [0.25, 0.3) is 0 Å². The summed E-state index contributed by atoms with van der Waals surface area (Å²) in [5.74, 6) is 0. The van der Waals surface area contributed by atoms with Crippen molar-refractivity contribution >= 4 is 18.5 Å². The summed E-state index contributed by atoms with van der Waals surface area (Å²) in [5, 5.41) is 0.215. The summed E-state index contributed by atoms with van der Waals surface area (Å²) in [5.41, 5.74) is 2.74. The number of rotatable bonds is 6. The van der Waals surface area contributed by atoms with Gasteiger partial charge in [0.1, 0.15) is 0 Å². The van der Waals surface area contributed by atoms with Gasteiger partial charge in [-0.2, -0.15) is 0 Å². The second kappa shape index (κ2) is 7.16. The fourth-order valence-electron chi connectivity index (χ4n) is 3.15. The lowest BCUT2D eigenvalue weighted by atomic mass is 10.0. The molecule has 0 unspecified atom stereocenters. The second-order valence-corrected chi connectivity index (χ2v) is 11.2. The van der Waals surface area contributed by atoms with Crippen LogP contribution in [-0.4, -0.2) is 10.3 Å². The lowest BCUT2D eigenvalue weighted by molar-refractivity contribution is 0.634. The second-order valence-electron chi connectivity index (χ2n) is 7.23. The van der Waals surface area contributed by atoms with Crippen LogP contribution in [0.15, 0.2) is 60.7 Å². The molecule has 2 aromatic rings. The summed E-state index contributed by atoms with van der Waals surface area (Å²) in [6.07, 6.45) is 2.06. The van der Waals surface area contributed by atoms with Crippen LogP contribution in [0.25, 0.3) is 0 Å². The third-order valence-corrected chi connectivity index (χ3v) is 9.21. The highest BCUT2D eigenvalue weighted by Gasteiger charge is 2.39. The summed E-state index contributed by atoms with van der Waals surface area (Å²) >= 11 is 7.03. The van der Waals surface area contributed by atoms with Crippen molar-refractivity contribution in [3.63, 3.8) is 0 Å². The molecule has 22 heavy (non-hydrogen) atoms. The summed E-state index contributed by atoms with van der Waals surface area (Å²) in [6, 6.07) is 21.4. The Morgan fingerprint density at radius 3 is 1.32 bits per heavy atom. The van der Waals surface area contributed by atoms with Gasteiger partial charge in [0.15, 0.2) is 0 Å². The zero-order chi connectivity index (χ0) is 16.2. The fraction of sp³-hybridized carbons (Fsp3) is 0.400. The van der Waals surface area contributed by atoms with Crippen molar-refractivity contribution in [2.75, 3.05) is 0 Å². The first kappa shape index (κ1) is 17.5. The van der Waals surface area contributed by atoms with Crippen LogP contribution in [0.4, 0.5) is 0 Å². The van der Waals surface area contributed by atoms with Gasteiger partial charge >= 0.3 is 0 Å². The van der Waals surface area contributed by atoms with Crippen molar-refractivity contribution in [2.45, 2.75) is 50.8 Å². The first-order chi connectivity index (χ1) is 10.3. The van der Waals surface area contributed by atoms with Gasteiger partial charge in [-0.15, -0.1) is 0 Å². The van der Waals surface area contributed by atoms with Crippen molar-refractivity contribution in [1.82, 2.24) is 0 Å². The highest BCUT2D eigenvalue weighted by Crippen LogP contribution is 2.65. The van der Waals surface area contributed by atoms with E-state index < -0.39 is 7.27 Å². The van der Waals surface area contributed by atoms with Gasteiger partial charge in [-0.05, 0) is 24.0 Å². The van der Waals surface area contributed by atoms with Crippen molar-refractivity contribution in [2.24, 2.45) is 0 Å². The van der Waals surface area contributed by atoms with Crippen LogP contribution in [0.1, 0.15) is 38.8 Å². The Morgan fingerprint density at radius 2 is 1.00 bits per heavy atom. The third-order valence-electron chi connectivity index (χ3n) is 4.02. The van der Waals surface area contributed by atoms with Gasteiger partial charge in [-0.25, -0.2) is 0 Å². The predicted octanol–water partition coefficient (Wildman–Crippen LogP) is 6.66. The summed E-state index contributed by atoms with van der Waals surface area (Å²) in [7, 11) is -0.642. The molecule has 0 aliphatic carbocycles. The Kier molecular flexibility index (Phi) is 5.70. The van der Waals surface area contributed by atoms with Gasteiger partial charge < -0.3 is 0 Å². The predicted molar refractivity (Wildman–Crippen MR) is 101 cm³/mol. The van der Waals surface area contributed by atoms with E-state index in [1.165, 1.54) is 11.1 Å². The standard InChI is InChI=1S/C20H26ClP/c1-19(2,15-17-11-7-5-8-12-17)22(21)20(3,4)16-18-13-9-6-10-14-18/h5-14H,15-16H2,1-4H3. The monoisotopic (exact) mass is 332 g/mol. The Morgan fingerprint density at radius 1 is 0.682 bits per heavy atom. The molecule has 0 saturated heterocycles. The molecule has 2 rings (SSSR count). The van der Waals surface area contributed by atoms with E-state index in [4.69, 9.17) is 11.2 Å². The van der Waals surface area contributed by atoms with Gasteiger partial charge in [0, 0.05) is 17.6 Å². The largest absolute Gasteiger partial charge is 0.0953 e. The SMILES string of the molecule is CC(C)(Cc1ccccc1)P(Cl)C(C)(C)Cc1ccccc1. The molecule has 2 heteroatoms. The summed E-state index contributed by atoms with van der Waals surface area (Å²) in [6.45, 7) is 9.24. The van der Waals surface area contributed by atoms with Crippen LogP contribution in [0.5, 0.6) is 0 Å². The van der Waals surface area contributed by atoms with E-state index >= 15 is 0 Å². The van der Waals surface area contributed by atoms with Crippen molar-refractivity contribution in [1.29, 1.82) is 0 Å². The average Bonchev–Trinajstić information content (AvgIpc) is 2.47. The van der Waals surface area contributed by atoms with Crippen LogP contribution >= 0.6 is 18.5 Å². The average molecular weight is 333 g/mol. The van der Waals surface area contributed by atoms with Crippen molar-refractivity contribution in [3.05, 3.63) is 71.8 Å². The van der Waals surface area contributed by atoms with E-state index in [1.807, 2.05) is 0 Å². The fourth-order valence-corrected chi connectivity index (χ4v) is 5.79. The minimum atomic E-state index is -0.642. The van der Waals surface area contributed by atoms with Crippen LogP contribution < -0.4 is 0 Å². The van der Waals surface area contributed by atoms with Crippen LogP contribution in [-0.2, 0) is 12.8 Å². The maximum atomic E-state index is 7.03. The number of halogens is 1. The maximum Gasteiger partial charge on any atom is 0.00325 e. The van der Waals surface area contributed by atoms with Gasteiger partial charge in [0.2, 0.25) is 0 Å². The minimum absolute atomic E-state index is 0.108. The van der Waals surface area contributed by atoms with Crippen LogP contribution in [0, 0.1) is 0 Å². The van der Waals surface area contributed by atoms with Gasteiger partial charge in [0.05, 0.1) is 0 Å². The normalized spacial score (nSPS) is 12.6. The van der Waals surface area contributed by atoms with Crippen LogP contribution in [0.3, 0.4) is 0 Å². The molecule has 0 aromatic heterocycles. The van der Waals surface area contributed by atoms with Crippen LogP contribution in [0.2, 0.25) is 0 Å². The number of benzene rings is 2. The Balaban J connectivity index is 2.12. The Hall–Kier alpha value is -0.840. The molecule has 0 fully saturated rings. The molecule has 0 bridgehead atoms. The van der Waals surface area contributed by atoms with E-state index in [0.29, 0.717) is 0 Å². The molecule has 0 atom stereocenters. The first-order valence-electron chi connectivity index (χ1n) is 7.85. The zero-order valence-corrected chi connectivity index (χ0v) is 15.7. The van der Waals surface area contributed by atoms with E-state index in [-0.39, 0.29) is 10.3 Å². The molecule has 0 aliphatic heterocycles. The highest BCUT2D eigenvalue weighted by molar-refractivity contribution is 7.86. The maximum absolute atomic E-state index is 7.03. The van der Waals surface area contributed by atoms with E-state index in [1.54, 1.807) is 0 Å². The minimum Gasteiger partial charge on any atom is -0.0953 e.